The van der Waals surface area contributed by atoms with Gasteiger partial charge in [-0.05, 0) is 18.2 Å². The second-order valence-corrected chi connectivity index (χ2v) is 5.15. The van der Waals surface area contributed by atoms with E-state index in [1.54, 1.807) is 18.2 Å². The van der Waals surface area contributed by atoms with Gasteiger partial charge in [0.15, 0.2) is 0 Å². The van der Waals surface area contributed by atoms with Crippen LogP contribution in [0.15, 0.2) is 42.5 Å². The number of nitro groups is 1. The van der Waals surface area contributed by atoms with Gasteiger partial charge in [0.1, 0.15) is 5.01 Å². The van der Waals surface area contributed by atoms with Crippen LogP contribution in [0.4, 0.5) is 5.69 Å². The molecule has 0 atom stereocenters. The number of nitriles is 1. The molecular formula is C14H7N3O2S. The van der Waals surface area contributed by atoms with Crippen molar-refractivity contribution in [3.05, 3.63) is 58.1 Å². The van der Waals surface area contributed by atoms with Crippen molar-refractivity contribution in [3.8, 4) is 16.6 Å². The van der Waals surface area contributed by atoms with Gasteiger partial charge in [-0.25, -0.2) is 4.98 Å². The predicted octanol–water partition coefficient (Wildman–Crippen LogP) is 3.74. The molecule has 0 spiro atoms. The Bertz CT molecular complexity index is 847. The van der Waals surface area contributed by atoms with Gasteiger partial charge in [-0.1, -0.05) is 12.1 Å². The molecule has 20 heavy (non-hydrogen) atoms. The molecule has 6 heteroatoms. The van der Waals surface area contributed by atoms with Crippen molar-refractivity contribution >= 4 is 27.2 Å². The van der Waals surface area contributed by atoms with Gasteiger partial charge >= 0.3 is 0 Å². The lowest BCUT2D eigenvalue weighted by Crippen LogP contribution is -1.85. The van der Waals surface area contributed by atoms with E-state index in [1.165, 1.54) is 23.5 Å². The average molecular weight is 281 g/mol. The minimum absolute atomic E-state index is 0.0625. The third-order valence-electron chi connectivity index (χ3n) is 2.84. The Kier molecular flexibility index (Phi) is 2.89. The summed E-state index contributed by atoms with van der Waals surface area (Å²) in [4.78, 5) is 14.8. The summed E-state index contributed by atoms with van der Waals surface area (Å²) in [6.07, 6.45) is 0. The third kappa shape index (κ3) is 2.11. The van der Waals surface area contributed by atoms with E-state index in [0.29, 0.717) is 5.56 Å². The van der Waals surface area contributed by atoms with Crippen molar-refractivity contribution in [1.82, 2.24) is 4.98 Å². The Morgan fingerprint density at radius 1 is 1.20 bits per heavy atom. The number of non-ortho nitro benzene ring substituents is 1. The summed E-state index contributed by atoms with van der Waals surface area (Å²) in [7, 11) is 0. The average Bonchev–Trinajstić information content (AvgIpc) is 2.90. The van der Waals surface area contributed by atoms with Crippen molar-refractivity contribution < 1.29 is 4.92 Å². The highest BCUT2D eigenvalue weighted by Gasteiger charge is 2.11. The number of benzene rings is 2. The lowest BCUT2D eigenvalue weighted by atomic mass is 10.1. The molecule has 0 saturated carbocycles. The minimum atomic E-state index is -0.416. The summed E-state index contributed by atoms with van der Waals surface area (Å²) in [5, 5.41) is 20.3. The first-order valence-corrected chi connectivity index (χ1v) is 6.54. The zero-order valence-corrected chi connectivity index (χ0v) is 10.9. The Balaban J connectivity index is 2.08. The number of aromatic nitrogens is 1. The number of nitrogens with zero attached hydrogens (tertiary/aromatic N) is 3. The van der Waals surface area contributed by atoms with E-state index in [4.69, 9.17) is 5.26 Å². The van der Waals surface area contributed by atoms with Crippen LogP contribution in [0.1, 0.15) is 5.56 Å². The second-order valence-electron chi connectivity index (χ2n) is 4.12. The Hall–Kier alpha value is -2.78. The van der Waals surface area contributed by atoms with Crippen LogP contribution in [-0.2, 0) is 0 Å². The molecule has 2 aromatic carbocycles. The van der Waals surface area contributed by atoms with Gasteiger partial charge in [-0.3, -0.25) is 10.1 Å². The minimum Gasteiger partial charge on any atom is -0.258 e. The van der Waals surface area contributed by atoms with Gasteiger partial charge in [-0.2, -0.15) is 5.26 Å². The summed E-state index contributed by atoms with van der Waals surface area (Å²) < 4.78 is 0.776. The van der Waals surface area contributed by atoms with Crippen molar-refractivity contribution in [3.63, 3.8) is 0 Å². The molecule has 0 aliphatic carbocycles. The lowest BCUT2D eigenvalue weighted by Gasteiger charge is -1.94. The molecule has 3 aromatic rings. The second kappa shape index (κ2) is 4.72. The Morgan fingerprint density at radius 2 is 1.95 bits per heavy atom. The van der Waals surface area contributed by atoms with Crippen LogP contribution >= 0.6 is 11.3 Å². The smallest absolute Gasteiger partial charge is 0.258 e. The Labute approximate surface area is 117 Å². The number of hydrogen-bond acceptors (Lipinski definition) is 5. The molecule has 0 fully saturated rings. The third-order valence-corrected chi connectivity index (χ3v) is 3.91. The van der Waals surface area contributed by atoms with Crippen LogP contribution in [0.5, 0.6) is 0 Å². The summed E-state index contributed by atoms with van der Waals surface area (Å²) in [5.74, 6) is 0. The van der Waals surface area contributed by atoms with Crippen molar-refractivity contribution in [1.29, 1.82) is 5.26 Å². The number of rotatable bonds is 2. The van der Waals surface area contributed by atoms with Crippen molar-refractivity contribution in [2.24, 2.45) is 0 Å². The predicted molar refractivity (Wildman–Crippen MR) is 76.4 cm³/mol. The quantitative estimate of drug-likeness (QED) is 0.529. The maximum Gasteiger partial charge on any atom is 0.270 e. The van der Waals surface area contributed by atoms with Gasteiger partial charge < -0.3 is 0 Å². The summed E-state index contributed by atoms with van der Waals surface area (Å²) >= 11 is 1.40. The van der Waals surface area contributed by atoms with Gasteiger partial charge in [0.2, 0.25) is 0 Å². The number of hydrogen-bond donors (Lipinski definition) is 0. The maximum atomic E-state index is 10.8. The topological polar surface area (TPSA) is 79.8 Å². The zero-order chi connectivity index (χ0) is 14.1. The molecule has 0 aliphatic rings. The normalized spacial score (nSPS) is 10.3. The zero-order valence-electron chi connectivity index (χ0n) is 10.1. The summed E-state index contributed by atoms with van der Waals surface area (Å²) in [5.41, 5.74) is 2.28. The van der Waals surface area contributed by atoms with E-state index in [1.807, 2.05) is 12.1 Å². The van der Waals surface area contributed by atoms with Gasteiger partial charge in [0.25, 0.3) is 5.69 Å². The standard InChI is InChI=1S/C14H7N3O2S/c15-8-9-1-3-10(4-2-9)14-16-12-6-5-11(17(18)19)7-13(12)20-14/h1-7H. The van der Waals surface area contributed by atoms with E-state index < -0.39 is 4.92 Å². The Morgan fingerprint density at radius 3 is 2.60 bits per heavy atom. The molecule has 0 radical (unpaired) electrons. The first-order valence-electron chi connectivity index (χ1n) is 5.73. The van der Waals surface area contributed by atoms with Gasteiger partial charge in [0, 0.05) is 17.7 Å². The van der Waals surface area contributed by atoms with E-state index >= 15 is 0 Å². The maximum absolute atomic E-state index is 10.8. The highest BCUT2D eigenvalue weighted by Crippen LogP contribution is 2.32. The lowest BCUT2D eigenvalue weighted by molar-refractivity contribution is -0.384. The molecule has 0 amide bonds. The van der Waals surface area contributed by atoms with Crippen LogP contribution in [0, 0.1) is 21.4 Å². The van der Waals surface area contributed by atoms with Crippen LogP contribution in [0.3, 0.4) is 0 Å². The molecule has 0 N–H and O–H groups in total. The van der Waals surface area contributed by atoms with Crippen molar-refractivity contribution in [2.75, 3.05) is 0 Å². The monoisotopic (exact) mass is 281 g/mol. The van der Waals surface area contributed by atoms with E-state index in [2.05, 4.69) is 11.1 Å². The fourth-order valence-corrected chi connectivity index (χ4v) is 2.84. The van der Waals surface area contributed by atoms with E-state index in [-0.39, 0.29) is 5.69 Å². The van der Waals surface area contributed by atoms with Crippen LogP contribution in [0.2, 0.25) is 0 Å². The van der Waals surface area contributed by atoms with Crippen molar-refractivity contribution in [2.45, 2.75) is 0 Å². The number of fused-ring (bicyclic) bond motifs is 1. The summed E-state index contributed by atoms with van der Waals surface area (Å²) in [6.45, 7) is 0. The molecule has 3 rings (SSSR count). The van der Waals surface area contributed by atoms with E-state index in [9.17, 15) is 10.1 Å². The van der Waals surface area contributed by atoms with Crippen LogP contribution in [0.25, 0.3) is 20.8 Å². The van der Waals surface area contributed by atoms with Gasteiger partial charge in [0.05, 0.1) is 26.8 Å². The molecule has 0 aliphatic heterocycles. The molecule has 0 bridgehead atoms. The first kappa shape index (κ1) is 12.3. The summed E-state index contributed by atoms with van der Waals surface area (Å²) in [6, 6.07) is 13.8. The molecule has 96 valence electrons. The molecule has 1 aromatic heterocycles. The fraction of sp³-hybridized carbons (Fsp3) is 0. The van der Waals surface area contributed by atoms with Crippen LogP contribution in [-0.4, -0.2) is 9.91 Å². The molecule has 5 nitrogen and oxygen atoms in total. The number of nitro benzene ring substituents is 1. The van der Waals surface area contributed by atoms with Gasteiger partial charge in [-0.15, -0.1) is 11.3 Å². The highest BCUT2D eigenvalue weighted by atomic mass is 32.1. The molecular weight excluding hydrogens is 274 g/mol. The SMILES string of the molecule is N#Cc1ccc(-c2nc3ccc([N+](=O)[O-])cc3s2)cc1. The highest BCUT2D eigenvalue weighted by molar-refractivity contribution is 7.21. The molecule has 0 unspecified atom stereocenters. The first-order chi connectivity index (χ1) is 9.67. The fourth-order valence-electron chi connectivity index (χ4n) is 1.84. The van der Waals surface area contributed by atoms with E-state index in [0.717, 1.165) is 20.8 Å². The molecule has 0 saturated heterocycles. The molecule has 1 heterocycles. The largest absolute Gasteiger partial charge is 0.270 e. The van der Waals surface area contributed by atoms with Crippen LogP contribution < -0.4 is 0 Å². The number of thiazole rings is 1.